The summed E-state index contributed by atoms with van der Waals surface area (Å²) in [5, 5.41) is 11.4. The molecule has 0 heterocycles. The molecule has 0 unspecified atom stereocenters. The maximum Gasteiger partial charge on any atom is 0.258 e. The van der Waals surface area contributed by atoms with E-state index in [1.165, 1.54) is 12.0 Å². The molecule has 19 heavy (non-hydrogen) atoms. The largest absolute Gasteiger partial charge is 0.496 e. The van der Waals surface area contributed by atoms with E-state index in [0.29, 0.717) is 17.9 Å². The van der Waals surface area contributed by atoms with Crippen LogP contribution in [0.25, 0.3) is 0 Å². The molecule has 0 saturated heterocycles. The smallest absolute Gasteiger partial charge is 0.258 e. The van der Waals surface area contributed by atoms with Crippen LogP contribution in [0.3, 0.4) is 0 Å². The molecule has 6 nitrogen and oxygen atoms in total. The lowest BCUT2D eigenvalue weighted by atomic mass is 10.1. The number of oxime groups is 1. The summed E-state index contributed by atoms with van der Waals surface area (Å²) in [5.74, 6) is 0.210. The molecule has 0 spiro atoms. The van der Waals surface area contributed by atoms with Crippen LogP contribution in [0.2, 0.25) is 0 Å². The number of rotatable bonds is 5. The van der Waals surface area contributed by atoms with E-state index in [-0.39, 0.29) is 18.3 Å². The summed E-state index contributed by atoms with van der Waals surface area (Å²) in [6.07, 6.45) is 0. The first kappa shape index (κ1) is 15.3. The van der Waals surface area contributed by atoms with Gasteiger partial charge in [-0.1, -0.05) is 21.1 Å². The highest BCUT2D eigenvalue weighted by Gasteiger charge is 2.19. The van der Waals surface area contributed by atoms with Crippen LogP contribution >= 0.6 is 15.9 Å². The highest BCUT2D eigenvalue weighted by molar-refractivity contribution is 9.10. The third kappa shape index (κ3) is 3.85. The fourth-order valence-corrected chi connectivity index (χ4v) is 1.91. The number of amides is 1. The van der Waals surface area contributed by atoms with Crippen LogP contribution in [0, 0.1) is 0 Å². The first-order valence-corrected chi connectivity index (χ1v) is 6.42. The molecule has 104 valence electrons. The van der Waals surface area contributed by atoms with Crippen molar-refractivity contribution in [3.05, 3.63) is 28.2 Å². The highest BCUT2D eigenvalue weighted by atomic mass is 79.9. The van der Waals surface area contributed by atoms with Crippen molar-refractivity contribution in [2.75, 3.05) is 20.2 Å². The number of ether oxygens (including phenoxy) is 1. The number of nitrogens with zero attached hydrogens (tertiary/aromatic N) is 2. The molecule has 0 fully saturated rings. The summed E-state index contributed by atoms with van der Waals surface area (Å²) >= 11 is 3.31. The molecule has 0 aromatic heterocycles. The van der Waals surface area contributed by atoms with E-state index in [1.54, 1.807) is 18.2 Å². The molecule has 0 bridgehead atoms. The van der Waals surface area contributed by atoms with Gasteiger partial charge < -0.3 is 20.6 Å². The van der Waals surface area contributed by atoms with E-state index in [9.17, 15) is 4.79 Å². The van der Waals surface area contributed by atoms with Gasteiger partial charge in [-0.15, -0.1) is 0 Å². The summed E-state index contributed by atoms with van der Waals surface area (Å²) in [6, 6.07) is 5.14. The van der Waals surface area contributed by atoms with Crippen molar-refractivity contribution in [3.8, 4) is 5.75 Å². The highest BCUT2D eigenvalue weighted by Crippen LogP contribution is 2.24. The lowest BCUT2D eigenvalue weighted by Gasteiger charge is -2.21. The minimum Gasteiger partial charge on any atom is -0.496 e. The molecule has 0 aliphatic rings. The molecule has 0 saturated carbocycles. The second kappa shape index (κ2) is 6.98. The van der Waals surface area contributed by atoms with Gasteiger partial charge in [-0.05, 0) is 25.1 Å². The molecule has 0 radical (unpaired) electrons. The fraction of sp³-hybridized carbons (Fsp3) is 0.333. The quantitative estimate of drug-likeness (QED) is 0.372. The van der Waals surface area contributed by atoms with E-state index >= 15 is 0 Å². The topological polar surface area (TPSA) is 88.1 Å². The predicted octanol–water partition coefficient (Wildman–Crippen LogP) is 1.67. The first-order valence-electron chi connectivity index (χ1n) is 5.62. The molecule has 1 aromatic rings. The number of hydrogen-bond acceptors (Lipinski definition) is 4. The van der Waals surface area contributed by atoms with E-state index in [2.05, 4.69) is 21.1 Å². The third-order valence-corrected chi connectivity index (χ3v) is 3.04. The number of amidine groups is 1. The normalized spacial score (nSPS) is 11.2. The van der Waals surface area contributed by atoms with Crippen molar-refractivity contribution < 1.29 is 14.7 Å². The number of hydrogen-bond donors (Lipinski definition) is 2. The zero-order valence-electron chi connectivity index (χ0n) is 10.8. The minimum atomic E-state index is -0.238. The number of carbonyl (C=O) groups excluding carboxylic acids is 1. The number of carbonyl (C=O) groups is 1. The number of methoxy groups -OCH3 is 1. The zero-order valence-corrected chi connectivity index (χ0v) is 12.3. The zero-order chi connectivity index (χ0) is 14.4. The van der Waals surface area contributed by atoms with Crippen molar-refractivity contribution in [1.82, 2.24) is 4.90 Å². The Morgan fingerprint density at radius 2 is 2.26 bits per heavy atom. The number of nitrogens with two attached hydrogens (primary N) is 1. The third-order valence-electron chi connectivity index (χ3n) is 2.54. The van der Waals surface area contributed by atoms with E-state index in [4.69, 9.17) is 15.7 Å². The summed E-state index contributed by atoms with van der Waals surface area (Å²) < 4.78 is 6.00. The molecule has 1 aromatic carbocycles. The van der Waals surface area contributed by atoms with Gasteiger partial charge >= 0.3 is 0 Å². The Balaban J connectivity index is 3.03. The average molecular weight is 330 g/mol. The number of likely N-dealkylation sites (N-methyl/N-ethyl adjacent to an activating group) is 1. The second-order valence-corrected chi connectivity index (χ2v) is 4.67. The Bertz CT molecular complexity index is 491. The molecular weight excluding hydrogens is 314 g/mol. The second-order valence-electron chi connectivity index (χ2n) is 3.76. The van der Waals surface area contributed by atoms with E-state index in [0.717, 1.165) is 4.47 Å². The maximum absolute atomic E-state index is 12.4. The van der Waals surface area contributed by atoms with Gasteiger partial charge in [0.2, 0.25) is 0 Å². The van der Waals surface area contributed by atoms with Crippen molar-refractivity contribution in [1.29, 1.82) is 0 Å². The van der Waals surface area contributed by atoms with Gasteiger partial charge in [0.25, 0.3) is 5.91 Å². The van der Waals surface area contributed by atoms with E-state index in [1.807, 2.05) is 6.92 Å². The van der Waals surface area contributed by atoms with Crippen LogP contribution in [-0.4, -0.2) is 42.0 Å². The monoisotopic (exact) mass is 329 g/mol. The standard InChI is InChI=1S/C12H16BrN3O3/c1-3-16(7-11(14)15-18)12(17)9-5-4-8(13)6-10(9)19-2/h4-6,18H,3,7H2,1-2H3,(H2,14,15). The SMILES string of the molecule is CCN(C/C(N)=N/O)C(=O)c1ccc(Br)cc1OC. The summed E-state index contributed by atoms with van der Waals surface area (Å²) in [7, 11) is 1.50. The molecule has 3 N–H and O–H groups in total. The van der Waals surface area contributed by atoms with Gasteiger partial charge in [-0.25, -0.2) is 0 Å². The average Bonchev–Trinajstić information content (AvgIpc) is 2.43. The predicted molar refractivity (Wildman–Crippen MR) is 75.7 cm³/mol. The summed E-state index contributed by atoms with van der Waals surface area (Å²) in [5.41, 5.74) is 5.86. The Hall–Kier alpha value is -1.76. The lowest BCUT2D eigenvalue weighted by Crippen LogP contribution is -2.38. The molecular formula is C12H16BrN3O3. The Kier molecular flexibility index (Phi) is 5.62. The molecule has 1 rings (SSSR count). The van der Waals surface area contributed by atoms with Crippen molar-refractivity contribution in [3.63, 3.8) is 0 Å². The van der Waals surface area contributed by atoms with Crippen molar-refractivity contribution in [2.24, 2.45) is 10.9 Å². The number of halogens is 1. The van der Waals surface area contributed by atoms with Crippen molar-refractivity contribution in [2.45, 2.75) is 6.92 Å². The Labute approximate surface area is 120 Å². The van der Waals surface area contributed by atoms with Gasteiger partial charge in [-0.2, -0.15) is 0 Å². The van der Waals surface area contributed by atoms with Gasteiger partial charge in [-0.3, -0.25) is 4.79 Å². The van der Waals surface area contributed by atoms with Crippen LogP contribution in [0.5, 0.6) is 5.75 Å². The Morgan fingerprint density at radius 3 is 2.79 bits per heavy atom. The fourth-order valence-electron chi connectivity index (χ4n) is 1.57. The summed E-state index contributed by atoms with van der Waals surface area (Å²) in [6.45, 7) is 2.31. The summed E-state index contributed by atoms with van der Waals surface area (Å²) in [4.78, 5) is 13.8. The van der Waals surface area contributed by atoms with Gasteiger partial charge in [0.05, 0.1) is 19.2 Å². The minimum absolute atomic E-state index is 0.0220. The van der Waals surface area contributed by atoms with Crippen molar-refractivity contribution >= 4 is 27.7 Å². The van der Waals surface area contributed by atoms with Gasteiger partial charge in [0.1, 0.15) is 5.75 Å². The van der Waals surface area contributed by atoms with Crippen LogP contribution in [0.1, 0.15) is 17.3 Å². The van der Waals surface area contributed by atoms with Gasteiger partial charge in [0, 0.05) is 11.0 Å². The molecule has 0 aliphatic carbocycles. The lowest BCUT2D eigenvalue weighted by molar-refractivity contribution is 0.0783. The van der Waals surface area contributed by atoms with E-state index < -0.39 is 0 Å². The van der Waals surface area contributed by atoms with Crippen LogP contribution in [0.4, 0.5) is 0 Å². The molecule has 0 atom stereocenters. The Morgan fingerprint density at radius 1 is 1.58 bits per heavy atom. The van der Waals surface area contributed by atoms with Crippen LogP contribution in [0.15, 0.2) is 27.8 Å². The molecule has 0 aliphatic heterocycles. The van der Waals surface area contributed by atoms with Crippen LogP contribution in [-0.2, 0) is 0 Å². The van der Waals surface area contributed by atoms with Crippen LogP contribution < -0.4 is 10.5 Å². The van der Waals surface area contributed by atoms with Gasteiger partial charge in [0.15, 0.2) is 5.84 Å². The number of benzene rings is 1. The molecule has 7 heteroatoms. The maximum atomic E-state index is 12.4. The first-order chi connectivity index (χ1) is 9.03. The molecule has 1 amide bonds.